The maximum atomic E-state index is 5.33. The van der Waals surface area contributed by atoms with E-state index < -0.39 is 0 Å². The Morgan fingerprint density at radius 3 is 2.71 bits per heavy atom. The minimum atomic E-state index is 0.366. The molecule has 154 valence electrons. The zero-order valence-electron chi connectivity index (χ0n) is 17.3. The highest BCUT2D eigenvalue weighted by Crippen LogP contribution is 2.33. The number of aryl methyl sites for hydroxylation is 1. The Morgan fingerprint density at radius 1 is 1.03 bits per heavy atom. The predicted octanol–water partition coefficient (Wildman–Crippen LogP) is 2.15. The number of nitrogens with zero attached hydrogens (tertiary/aromatic N) is 7. The molecule has 4 heterocycles. The van der Waals surface area contributed by atoms with Gasteiger partial charge in [-0.3, -0.25) is 4.57 Å². The molecule has 0 radical (unpaired) electrons. The van der Waals surface area contributed by atoms with Crippen LogP contribution in [0.25, 0.3) is 17.1 Å². The second-order valence-corrected chi connectivity index (χ2v) is 7.10. The summed E-state index contributed by atoms with van der Waals surface area (Å²) < 4.78 is 14.5. The monoisotopic (exact) mass is 413 g/mol. The first-order valence-corrected chi connectivity index (χ1v) is 9.66. The van der Waals surface area contributed by atoms with E-state index in [4.69, 9.17) is 9.47 Å². The van der Waals surface area contributed by atoms with Gasteiger partial charge in [0.15, 0.2) is 11.6 Å². The van der Waals surface area contributed by atoms with Crippen molar-refractivity contribution in [3.05, 3.63) is 65.1 Å². The van der Waals surface area contributed by atoms with E-state index in [1.165, 1.54) is 0 Å². The summed E-state index contributed by atoms with van der Waals surface area (Å²) in [5.41, 5.74) is 5.26. The van der Waals surface area contributed by atoms with Crippen molar-refractivity contribution >= 4 is 0 Å². The summed E-state index contributed by atoms with van der Waals surface area (Å²) in [6.07, 6.45) is 1.79. The first kappa shape index (κ1) is 19.0. The van der Waals surface area contributed by atoms with E-state index in [1.807, 2.05) is 0 Å². The molecule has 31 heavy (non-hydrogen) atoms. The van der Waals surface area contributed by atoms with Crippen molar-refractivity contribution in [2.24, 2.45) is 0 Å². The average molecular weight is 413 g/mol. The van der Waals surface area contributed by atoms with Crippen molar-refractivity contribution in [2.45, 2.75) is 20.1 Å². The number of aromatic nitrogens is 7. The lowest BCUT2D eigenvalue weighted by atomic mass is 10.1. The van der Waals surface area contributed by atoms with Crippen LogP contribution >= 0.6 is 0 Å². The molecule has 0 saturated carbocycles. The van der Waals surface area contributed by atoms with Gasteiger partial charge in [-0.15, -0.1) is 20.4 Å². The number of fused-ring (bicyclic) bond motifs is 5. The maximum absolute atomic E-state index is 5.33. The van der Waals surface area contributed by atoms with Gasteiger partial charge in [-0.25, -0.2) is 4.98 Å². The molecule has 0 N–H and O–H groups in total. The molecule has 1 aliphatic heterocycles. The van der Waals surface area contributed by atoms with Gasteiger partial charge in [-0.1, -0.05) is 11.6 Å². The van der Waals surface area contributed by atoms with E-state index in [0.717, 1.165) is 34.2 Å². The van der Waals surface area contributed by atoms with Crippen molar-refractivity contribution < 1.29 is 9.47 Å². The number of benzene rings is 1. The van der Waals surface area contributed by atoms with Crippen LogP contribution in [0.5, 0.6) is 5.88 Å². The minimum Gasteiger partial charge on any atom is -0.480 e. The summed E-state index contributed by atoms with van der Waals surface area (Å²) in [5, 5.41) is 16.8. The SMILES string of the molecule is COCc1nnc2n1Cc1c(C#Cc3ccc(OC)nn3)ncn1-c1ccc(C)cc1-2. The molecule has 0 amide bonds. The van der Waals surface area contributed by atoms with Gasteiger partial charge in [0, 0.05) is 18.7 Å². The number of methoxy groups -OCH3 is 2. The van der Waals surface area contributed by atoms with Gasteiger partial charge in [0.2, 0.25) is 5.88 Å². The van der Waals surface area contributed by atoms with E-state index in [1.54, 1.807) is 32.7 Å². The number of rotatable bonds is 3. The number of hydrogen-bond acceptors (Lipinski definition) is 7. The van der Waals surface area contributed by atoms with E-state index in [2.05, 4.69) is 71.5 Å². The fraction of sp³-hybridized carbons (Fsp3) is 0.227. The topological polar surface area (TPSA) is 92.8 Å². The summed E-state index contributed by atoms with van der Waals surface area (Å²) >= 11 is 0. The van der Waals surface area contributed by atoms with Crippen LogP contribution in [0.1, 0.15) is 28.5 Å². The predicted molar refractivity (Wildman–Crippen MR) is 112 cm³/mol. The van der Waals surface area contributed by atoms with E-state index >= 15 is 0 Å². The lowest BCUT2D eigenvalue weighted by Crippen LogP contribution is -2.09. The van der Waals surface area contributed by atoms with Gasteiger partial charge in [-0.05, 0) is 37.0 Å². The standard InChI is InChI=1S/C22H19N7O2/c1-14-4-8-18-16(10-14)22-27-25-20(12-30-2)28(22)11-19-17(23-13-29(18)19)7-5-15-6-9-21(31-3)26-24-15/h4,6,8-10,13H,11-12H2,1-3H3. The molecule has 0 unspecified atom stereocenters. The Bertz CT molecular complexity index is 1330. The summed E-state index contributed by atoms with van der Waals surface area (Å²) in [7, 11) is 3.19. The highest BCUT2D eigenvalue weighted by atomic mass is 16.5. The van der Waals surface area contributed by atoms with Gasteiger partial charge < -0.3 is 14.0 Å². The van der Waals surface area contributed by atoms with E-state index in [-0.39, 0.29) is 0 Å². The Labute approximate surface area is 178 Å². The molecule has 9 heteroatoms. The molecule has 5 rings (SSSR count). The molecule has 3 aromatic heterocycles. The number of ether oxygens (including phenoxy) is 2. The molecular formula is C22H19N7O2. The molecule has 0 spiro atoms. The van der Waals surface area contributed by atoms with E-state index in [9.17, 15) is 0 Å². The van der Waals surface area contributed by atoms with Gasteiger partial charge in [0.25, 0.3) is 0 Å². The second kappa shape index (κ2) is 7.66. The average Bonchev–Trinajstić information content (AvgIpc) is 3.34. The molecular weight excluding hydrogens is 394 g/mol. The van der Waals surface area contributed by atoms with Gasteiger partial charge in [0.05, 0.1) is 25.0 Å². The zero-order valence-corrected chi connectivity index (χ0v) is 17.3. The summed E-state index contributed by atoms with van der Waals surface area (Å²) in [6.45, 7) is 2.95. The summed E-state index contributed by atoms with van der Waals surface area (Å²) in [5.74, 6) is 8.17. The highest BCUT2D eigenvalue weighted by molar-refractivity contribution is 5.70. The van der Waals surface area contributed by atoms with Gasteiger partial charge in [-0.2, -0.15) is 0 Å². The Morgan fingerprint density at radius 2 is 1.94 bits per heavy atom. The molecule has 0 bridgehead atoms. The van der Waals surface area contributed by atoms with Crippen LogP contribution < -0.4 is 4.74 Å². The third-order valence-corrected chi connectivity index (χ3v) is 5.09. The van der Waals surface area contributed by atoms with Crippen LogP contribution in [-0.4, -0.2) is 48.7 Å². The largest absolute Gasteiger partial charge is 0.480 e. The number of imidazole rings is 1. The first-order valence-electron chi connectivity index (χ1n) is 9.66. The molecule has 0 fully saturated rings. The lowest BCUT2D eigenvalue weighted by molar-refractivity contribution is 0.174. The molecule has 1 aromatic carbocycles. The van der Waals surface area contributed by atoms with Gasteiger partial charge in [0.1, 0.15) is 24.3 Å². The van der Waals surface area contributed by atoms with Crippen LogP contribution in [0.4, 0.5) is 0 Å². The molecule has 4 aromatic rings. The van der Waals surface area contributed by atoms with Crippen LogP contribution in [-0.2, 0) is 17.9 Å². The van der Waals surface area contributed by atoms with Crippen LogP contribution in [0.15, 0.2) is 36.7 Å². The molecule has 0 saturated heterocycles. The maximum Gasteiger partial charge on any atom is 0.233 e. The van der Waals surface area contributed by atoms with Crippen LogP contribution in [0.2, 0.25) is 0 Å². The molecule has 0 aliphatic carbocycles. The van der Waals surface area contributed by atoms with Crippen molar-refractivity contribution in [3.8, 4) is 34.8 Å². The zero-order chi connectivity index (χ0) is 21.4. The fourth-order valence-electron chi connectivity index (χ4n) is 3.58. The molecule has 0 atom stereocenters. The smallest absolute Gasteiger partial charge is 0.233 e. The Balaban J connectivity index is 1.64. The van der Waals surface area contributed by atoms with Crippen molar-refractivity contribution in [1.29, 1.82) is 0 Å². The fourth-order valence-corrected chi connectivity index (χ4v) is 3.58. The third kappa shape index (κ3) is 3.33. The van der Waals surface area contributed by atoms with E-state index in [0.29, 0.717) is 30.4 Å². The van der Waals surface area contributed by atoms with Crippen molar-refractivity contribution in [2.75, 3.05) is 14.2 Å². The lowest BCUT2D eigenvalue weighted by Gasteiger charge is -2.08. The molecule has 1 aliphatic rings. The normalized spacial score (nSPS) is 11.6. The van der Waals surface area contributed by atoms with Gasteiger partial charge >= 0.3 is 0 Å². The van der Waals surface area contributed by atoms with Crippen molar-refractivity contribution in [3.63, 3.8) is 0 Å². The Hall–Kier alpha value is -4.03. The van der Waals surface area contributed by atoms with Crippen LogP contribution in [0, 0.1) is 18.8 Å². The summed E-state index contributed by atoms with van der Waals surface area (Å²) in [6, 6.07) is 9.75. The van der Waals surface area contributed by atoms with Crippen molar-refractivity contribution in [1.82, 2.24) is 34.5 Å². The van der Waals surface area contributed by atoms with Crippen LogP contribution in [0.3, 0.4) is 0 Å². The first-order chi connectivity index (χ1) is 15.2. The quantitative estimate of drug-likeness (QED) is 0.419. The summed E-state index contributed by atoms with van der Waals surface area (Å²) in [4.78, 5) is 4.57. The third-order valence-electron chi connectivity index (χ3n) is 5.09. The minimum absolute atomic E-state index is 0.366. The second-order valence-electron chi connectivity index (χ2n) is 7.10. The Kier molecular flexibility index (Phi) is 4.69. The highest BCUT2D eigenvalue weighted by Gasteiger charge is 2.25. The molecule has 9 nitrogen and oxygen atoms in total. The number of hydrogen-bond donors (Lipinski definition) is 0.